The fourth-order valence-electron chi connectivity index (χ4n) is 2.69. The van der Waals surface area contributed by atoms with Crippen LogP contribution in [-0.2, 0) is 22.7 Å². The van der Waals surface area contributed by atoms with Crippen molar-refractivity contribution in [2.45, 2.75) is 12.8 Å². The van der Waals surface area contributed by atoms with E-state index in [0.29, 0.717) is 25.0 Å². The lowest BCUT2D eigenvalue weighted by atomic mass is 10.2. The molecular formula is C20H19N5O9S. The first-order chi connectivity index (χ1) is 16.5. The highest BCUT2D eigenvalue weighted by molar-refractivity contribution is 7.91. The largest absolute Gasteiger partial charge is 0.497 e. The molecule has 0 aliphatic heterocycles. The molecule has 2 aromatic heterocycles. The lowest BCUT2D eigenvalue weighted by Gasteiger charge is -2.04. The van der Waals surface area contributed by atoms with Crippen molar-refractivity contribution >= 4 is 26.9 Å². The molecule has 0 bridgehead atoms. The maximum Gasteiger partial charge on any atom is 0.324 e. The molecule has 0 aliphatic rings. The van der Waals surface area contributed by atoms with Crippen LogP contribution in [0.25, 0.3) is 0 Å². The van der Waals surface area contributed by atoms with Gasteiger partial charge in [-0.25, -0.2) is 8.42 Å². The highest BCUT2D eigenvalue weighted by Gasteiger charge is 2.30. The zero-order valence-corrected chi connectivity index (χ0v) is 18.8. The van der Waals surface area contributed by atoms with E-state index in [-0.39, 0.29) is 11.5 Å². The van der Waals surface area contributed by atoms with Crippen molar-refractivity contribution in [2.24, 2.45) is 0 Å². The number of nitrogens with zero attached hydrogens (tertiary/aromatic N) is 5. The van der Waals surface area contributed by atoms with Crippen molar-refractivity contribution < 1.29 is 28.3 Å². The number of benzene rings is 1. The molecule has 1 N–H and O–H groups in total. The van der Waals surface area contributed by atoms with Crippen LogP contribution in [0.3, 0.4) is 0 Å². The number of pyridine rings is 2. The van der Waals surface area contributed by atoms with Crippen molar-refractivity contribution in [1.29, 1.82) is 0 Å². The number of aromatic nitrogens is 2. The molecule has 1 aromatic carbocycles. The number of aromatic hydroxyl groups is 1. The van der Waals surface area contributed by atoms with Crippen LogP contribution in [0.2, 0.25) is 0 Å². The Kier molecular flexibility index (Phi) is 9.22. The fourth-order valence-corrected chi connectivity index (χ4v) is 3.93. The van der Waals surface area contributed by atoms with E-state index in [2.05, 4.69) is 9.97 Å². The Balaban J connectivity index is 0.000000251. The van der Waals surface area contributed by atoms with Gasteiger partial charge in [0.05, 0.1) is 38.4 Å². The van der Waals surface area contributed by atoms with E-state index < -0.39 is 47.4 Å². The van der Waals surface area contributed by atoms with Crippen LogP contribution < -0.4 is 0 Å². The number of phenolic OH excluding ortho intramolecular Hbond substituents is 1. The highest BCUT2D eigenvalue weighted by Crippen LogP contribution is 2.38. The first-order valence-corrected chi connectivity index (χ1v) is 11.6. The zero-order chi connectivity index (χ0) is 26.0. The molecule has 0 amide bonds. The molecule has 35 heavy (non-hydrogen) atoms. The quantitative estimate of drug-likeness (QED) is 0.330. The average Bonchev–Trinajstić information content (AvgIpc) is 2.83. The van der Waals surface area contributed by atoms with E-state index in [1.54, 1.807) is 12.4 Å². The Bertz CT molecular complexity index is 1220. The summed E-state index contributed by atoms with van der Waals surface area (Å²) in [6, 6.07) is 11.9. The first-order valence-electron chi connectivity index (χ1n) is 9.80. The zero-order valence-electron chi connectivity index (χ0n) is 18.0. The highest BCUT2D eigenvalue weighted by atomic mass is 32.2. The molecule has 14 nitrogen and oxygen atoms in total. The summed E-state index contributed by atoms with van der Waals surface area (Å²) in [7, 11) is -3.06. The maximum absolute atomic E-state index is 11.9. The molecule has 0 radical (unpaired) electrons. The van der Waals surface area contributed by atoms with Gasteiger partial charge in [-0.15, -0.1) is 0 Å². The Hall–Kier alpha value is -4.53. The Morgan fingerprint density at radius 3 is 1.49 bits per heavy atom. The van der Waals surface area contributed by atoms with Gasteiger partial charge in [-0.2, -0.15) is 0 Å². The number of sulfone groups is 1. The fraction of sp³-hybridized carbons (Fsp3) is 0.200. The normalized spacial score (nSPS) is 10.6. The summed E-state index contributed by atoms with van der Waals surface area (Å²) in [6.45, 7) is 0. The van der Waals surface area contributed by atoms with Gasteiger partial charge in [0, 0.05) is 36.6 Å². The SMILES string of the molecule is O=S(=O)(CCc1ccccn1)CCc1ccccn1.O=[N+]([O-])c1cc([N+](=O)[O-])c(O)c([N+](=O)[O-])c1. The number of rotatable bonds is 9. The van der Waals surface area contributed by atoms with Gasteiger partial charge in [0.25, 0.3) is 11.4 Å². The molecule has 15 heteroatoms. The number of hydrogen-bond acceptors (Lipinski definition) is 11. The van der Waals surface area contributed by atoms with Crippen molar-refractivity contribution in [1.82, 2.24) is 9.97 Å². The molecule has 2 heterocycles. The lowest BCUT2D eigenvalue weighted by molar-refractivity contribution is -0.404. The van der Waals surface area contributed by atoms with Crippen LogP contribution in [0.4, 0.5) is 17.1 Å². The van der Waals surface area contributed by atoms with Gasteiger partial charge in [-0.05, 0) is 24.3 Å². The molecule has 3 aromatic rings. The van der Waals surface area contributed by atoms with Crippen LogP contribution in [0.1, 0.15) is 11.4 Å². The monoisotopic (exact) mass is 505 g/mol. The predicted molar refractivity (Wildman–Crippen MR) is 123 cm³/mol. The number of nitro benzene ring substituents is 3. The lowest BCUT2D eigenvalue weighted by Crippen LogP contribution is -2.15. The average molecular weight is 505 g/mol. The molecule has 0 spiro atoms. The van der Waals surface area contributed by atoms with Gasteiger partial charge in [-0.1, -0.05) is 12.1 Å². The minimum absolute atomic E-state index is 0.136. The minimum Gasteiger partial charge on any atom is -0.497 e. The summed E-state index contributed by atoms with van der Waals surface area (Å²) in [6.07, 6.45) is 4.28. The molecule has 0 aliphatic carbocycles. The van der Waals surface area contributed by atoms with E-state index in [0.717, 1.165) is 11.4 Å². The second kappa shape index (κ2) is 12.1. The minimum atomic E-state index is -3.06. The van der Waals surface area contributed by atoms with E-state index in [9.17, 15) is 38.8 Å². The third-order valence-electron chi connectivity index (χ3n) is 4.45. The number of nitro groups is 3. The molecule has 0 fully saturated rings. The van der Waals surface area contributed by atoms with Crippen LogP contribution in [0.15, 0.2) is 60.9 Å². The topological polar surface area (TPSA) is 210 Å². The third-order valence-corrected chi connectivity index (χ3v) is 6.10. The Morgan fingerprint density at radius 1 is 0.743 bits per heavy atom. The van der Waals surface area contributed by atoms with Gasteiger partial charge in [0.2, 0.25) is 0 Å². The summed E-state index contributed by atoms with van der Waals surface area (Å²) >= 11 is 0. The van der Waals surface area contributed by atoms with Gasteiger partial charge >= 0.3 is 11.4 Å². The standard InChI is InChI=1S/C14H16N2O2S.C6H3N3O7/c17-19(18,11-7-13-5-1-3-9-15-13)12-8-14-6-2-4-10-16-14;10-6-4(8(13)14)1-3(7(11)12)2-5(6)9(15)16/h1-6,9-10H,7-8,11-12H2;1-2,10H. The van der Waals surface area contributed by atoms with E-state index in [1.807, 2.05) is 36.4 Å². The summed E-state index contributed by atoms with van der Waals surface area (Å²) in [5, 5.41) is 40.2. The van der Waals surface area contributed by atoms with Gasteiger partial charge in [0.15, 0.2) is 9.84 Å². The summed E-state index contributed by atoms with van der Waals surface area (Å²) in [4.78, 5) is 36.0. The predicted octanol–water partition coefficient (Wildman–Crippen LogP) is 2.79. The van der Waals surface area contributed by atoms with Crippen LogP contribution >= 0.6 is 0 Å². The maximum atomic E-state index is 11.9. The second-order valence-corrected chi connectivity index (χ2v) is 9.20. The smallest absolute Gasteiger partial charge is 0.324 e. The van der Waals surface area contributed by atoms with Gasteiger partial charge < -0.3 is 5.11 Å². The first kappa shape index (κ1) is 26.7. The van der Waals surface area contributed by atoms with Crippen molar-refractivity contribution in [2.75, 3.05) is 11.5 Å². The van der Waals surface area contributed by atoms with Crippen LogP contribution in [-0.4, -0.2) is 49.8 Å². The number of phenols is 1. The van der Waals surface area contributed by atoms with Crippen LogP contribution in [0.5, 0.6) is 5.75 Å². The van der Waals surface area contributed by atoms with Gasteiger partial charge in [0.1, 0.15) is 0 Å². The Morgan fingerprint density at radius 2 is 1.17 bits per heavy atom. The number of aryl methyl sites for hydroxylation is 2. The molecule has 3 rings (SSSR count). The molecular weight excluding hydrogens is 486 g/mol. The summed E-state index contributed by atoms with van der Waals surface area (Å²) < 4.78 is 23.8. The molecule has 0 saturated carbocycles. The van der Waals surface area contributed by atoms with Crippen molar-refractivity contribution in [3.05, 3.63) is 103 Å². The van der Waals surface area contributed by atoms with Gasteiger partial charge in [-0.3, -0.25) is 40.3 Å². The molecule has 0 atom stereocenters. The molecule has 0 saturated heterocycles. The number of non-ortho nitro benzene ring substituents is 1. The van der Waals surface area contributed by atoms with Crippen molar-refractivity contribution in [3.63, 3.8) is 0 Å². The Labute approximate surface area is 198 Å². The molecule has 184 valence electrons. The second-order valence-electron chi connectivity index (χ2n) is 6.90. The third kappa shape index (κ3) is 8.39. The summed E-state index contributed by atoms with van der Waals surface area (Å²) in [5.74, 6) is -0.936. The van der Waals surface area contributed by atoms with E-state index in [4.69, 9.17) is 5.11 Å². The molecule has 0 unspecified atom stereocenters. The van der Waals surface area contributed by atoms with Crippen molar-refractivity contribution in [3.8, 4) is 5.75 Å². The van der Waals surface area contributed by atoms with E-state index in [1.165, 1.54) is 0 Å². The summed E-state index contributed by atoms with van der Waals surface area (Å²) in [5.41, 5.74) is -1.38. The van der Waals surface area contributed by atoms with Crippen LogP contribution in [0, 0.1) is 30.3 Å². The number of hydrogen-bond donors (Lipinski definition) is 1. The van der Waals surface area contributed by atoms with E-state index >= 15 is 0 Å².